The number of rotatable bonds is 3. The smallest absolute Gasteiger partial charge is 0.255 e. The second kappa shape index (κ2) is 11.2. The molecule has 1 aliphatic rings. The Kier molecular flexibility index (Phi) is 8.39. The number of anilines is 2. The molecule has 2 heterocycles. The summed E-state index contributed by atoms with van der Waals surface area (Å²) in [4.78, 5) is 34.0. The molecule has 0 fully saturated rings. The van der Waals surface area contributed by atoms with Gasteiger partial charge in [-0.25, -0.2) is 0 Å². The van der Waals surface area contributed by atoms with Crippen LogP contribution in [0, 0.1) is 6.92 Å². The van der Waals surface area contributed by atoms with Crippen molar-refractivity contribution < 1.29 is 9.59 Å². The van der Waals surface area contributed by atoms with Crippen LogP contribution < -0.4 is 10.2 Å². The maximum absolute atomic E-state index is 13.0. The van der Waals surface area contributed by atoms with Crippen molar-refractivity contribution in [1.82, 2.24) is 9.88 Å². The summed E-state index contributed by atoms with van der Waals surface area (Å²) < 4.78 is 0. The first-order valence-corrected chi connectivity index (χ1v) is 11.7. The monoisotopic (exact) mass is 436 g/mol. The predicted octanol–water partition coefficient (Wildman–Crippen LogP) is 5.17. The average molecular weight is 437 g/mol. The van der Waals surface area contributed by atoms with E-state index in [2.05, 4.69) is 29.0 Å². The molecule has 172 valence electrons. The van der Waals surface area contributed by atoms with Crippen molar-refractivity contribution in [1.29, 1.82) is 0 Å². The number of aromatic nitrogens is 1. The van der Waals surface area contributed by atoms with Gasteiger partial charge in [-0.15, -0.1) is 0 Å². The second-order valence-corrected chi connectivity index (χ2v) is 8.99. The van der Waals surface area contributed by atoms with Gasteiger partial charge in [0.2, 0.25) is 5.91 Å². The minimum atomic E-state index is -0.171. The highest BCUT2D eigenvalue weighted by Crippen LogP contribution is 2.27. The van der Waals surface area contributed by atoms with Gasteiger partial charge in [0.25, 0.3) is 5.91 Å². The third kappa shape index (κ3) is 6.39. The summed E-state index contributed by atoms with van der Waals surface area (Å²) in [6.45, 7) is 10.4. The highest BCUT2D eigenvalue weighted by molar-refractivity contribution is 6.05. The topological polar surface area (TPSA) is 65.5 Å². The van der Waals surface area contributed by atoms with Crippen LogP contribution in [0.2, 0.25) is 0 Å². The molecule has 0 atom stereocenters. The van der Waals surface area contributed by atoms with Gasteiger partial charge < -0.3 is 10.2 Å². The van der Waals surface area contributed by atoms with Gasteiger partial charge in [0, 0.05) is 43.0 Å². The van der Waals surface area contributed by atoms with E-state index in [1.54, 1.807) is 13.1 Å². The largest absolute Gasteiger partial charge is 0.321 e. The van der Waals surface area contributed by atoms with Gasteiger partial charge in [-0.05, 0) is 76.1 Å². The molecule has 0 aliphatic carbocycles. The molecule has 0 saturated carbocycles. The van der Waals surface area contributed by atoms with E-state index in [0.717, 1.165) is 36.3 Å². The summed E-state index contributed by atoms with van der Waals surface area (Å²) in [5, 5.41) is 2.93. The molecule has 3 rings (SSSR count). The van der Waals surface area contributed by atoms with Crippen LogP contribution in [0.3, 0.4) is 0 Å². The second-order valence-electron chi connectivity index (χ2n) is 8.99. The highest BCUT2D eigenvalue weighted by atomic mass is 16.2. The zero-order valence-electron chi connectivity index (χ0n) is 19.9. The van der Waals surface area contributed by atoms with Crippen molar-refractivity contribution in [2.75, 3.05) is 23.3 Å². The van der Waals surface area contributed by atoms with Gasteiger partial charge >= 0.3 is 0 Å². The number of aryl methyl sites for hydroxylation is 1. The summed E-state index contributed by atoms with van der Waals surface area (Å²) in [7, 11) is 0. The third-order valence-corrected chi connectivity index (χ3v) is 6.11. The number of pyridine rings is 1. The molecule has 0 radical (unpaired) electrons. The molecule has 1 aromatic carbocycles. The van der Waals surface area contributed by atoms with E-state index in [4.69, 9.17) is 0 Å². The van der Waals surface area contributed by atoms with Crippen LogP contribution in [0.5, 0.6) is 0 Å². The van der Waals surface area contributed by atoms with Crippen LogP contribution in [0.1, 0.15) is 74.5 Å². The molecule has 0 unspecified atom stereocenters. The quantitative estimate of drug-likeness (QED) is 0.721. The average Bonchev–Trinajstić information content (AvgIpc) is 2.75. The van der Waals surface area contributed by atoms with Crippen LogP contribution in [0.25, 0.3) is 0 Å². The fourth-order valence-electron chi connectivity index (χ4n) is 4.16. The Bertz CT molecular complexity index is 924. The first-order chi connectivity index (χ1) is 15.3. The van der Waals surface area contributed by atoms with Crippen LogP contribution in [-0.2, 0) is 11.3 Å². The Balaban J connectivity index is 1.94. The normalized spacial score (nSPS) is 16.1. The number of benzene rings is 1. The van der Waals surface area contributed by atoms with Crippen LogP contribution >= 0.6 is 0 Å². The molecule has 2 amide bonds. The van der Waals surface area contributed by atoms with Crippen molar-refractivity contribution >= 4 is 23.2 Å². The lowest BCUT2D eigenvalue weighted by Crippen LogP contribution is -2.35. The molecule has 0 spiro atoms. The Labute approximate surface area is 192 Å². The first kappa shape index (κ1) is 23.9. The third-order valence-electron chi connectivity index (χ3n) is 6.11. The van der Waals surface area contributed by atoms with Gasteiger partial charge in [0.05, 0.1) is 11.9 Å². The number of fused-ring (bicyclic) bond motifs is 1. The van der Waals surface area contributed by atoms with Gasteiger partial charge in [-0.2, -0.15) is 0 Å². The molecule has 2 aromatic rings. The Morgan fingerprint density at radius 2 is 1.72 bits per heavy atom. The van der Waals surface area contributed by atoms with E-state index < -0.39 is 0 Å². The van der Waals surface area contributed by atoms with Crippen molar-refractivity contribution in [3.8, 4) is 0 Å². The van der Waals surface area contributed by atoms with Gasteiger partial charge in [0.15, 0.2) is 0 Å². The molecule has 0 saturated heterocycles. The predicted molar refractivity (Wildman–Crippen MR) is 130 cm³/mol. The number of carbonyl (C=O) groups is 2. The van der Waals surface area contributed by atoms with Crippen LogP contribution in [0.15, 0.2) is 36.5 Å². The zero-order chi connectivity index (χ0) is 23.1. The summed E-state index contributed by atoms with van der Waals surface area (Å²) >= 11 is 0. The Hall–Kier alpha value is -2.73. The van der Waals surface area contributed by atoms with Crippen molar-refractivity contribution in [2.45, 2.75) is 72.4 Å². The molecular weight excluding hydrogens is 400 g/mol. The number of hydrogen-bond acceptors (Lipinski definition) is 4. The standard InChI is InChI=1S/C26H36N4O2/c1-19(2)29-14-8-6-5-7-9-15-30(21(4)31)25-13-11-22(16-23(25)18-29)26(32)28-24-12-10-20(3)27-17-24/h10-13,16-17,19H,5-9,14-15,18H2,1-4H3,(H,28,32). The zero-order valence-corrected chi connectivity index (χ0v) is 19.9. The van der Waals surface area contributed by atoms with Crippen molar-refractivity contribution in [3.05, 3.63) is 53.3 Å². The van der Waals surface area contributed by atoms with Gasteiger partial charge in [-0.1, -0.05) is 19.3 Å². The molecule has 32 heavy (non-hydrogen) atoms. The van der Waals surface area contributed by atoms with E-state index >= 15 is 0 Å². The maximum atomic E-state index is 13.0. The van der Waals surface area contributed by atoms with Crippen molar-refractivity contribution in [2.24, 2.45) is 0 Å². The summed E-state index contributed by atoms with van der Waals surface area (Å²) in [6, 6.07) is 9.81. The minimum absolute atomic E-state index is 0.0438. The first-order valence-electron chi connectivity index (χ1n) is 11.7. The van der Waals surface area contributed by atoms with E-state index in [-0.39, 0.29) is 11.8 Å². The Morgan fingerprint density at radius 1 is 1.00 bits per heavy atom. The number of nitrogens with zero attached hydrogens (tertiary/aromatic N) is 3. The number of nitrogens with one attached hydrogen (secondary N) is 1. The number of amides is 2. The molecular formula is C26H36N4O2. The van der Waals surface area contributed by atoms with Crippen molar-refractivity contribution in [3.63, 3.8) is 0 Å². The Morgan fingerprint density at radius 3 is 2.38 bits per heavy atom. The van der Waals surface area contributed by atoms with E-state index in [9.17, 15) is 9.59 Å². The number of carbonyl (C=O) groups excluding carboxylic acids is 2. The van der Waals surface area contributed by atoms with Gasteiger partial charge in [0.1, 0.15) is 0 Å². The lowest BCUT2D eigenvalue weighted by molar-refractivity contribution is -0.116. The lowest BCUT2D eigenvalue weighted by atomic mass is 10.0. The minimum Gasteiger partial charge on any atom is -0.321 e. The number of hydrogen-bond donors (Lipinski definition) is 1. The van der Waals surface area contributed by atoms with Crippen LogP contribution in [-0.4, -0.2) is 40.8 Å². The fourth-order valence-corrected chi connectivity index (χ4v) is 4.16. The molecule has 0 bridgehead atoms. The van der Waals surface area contributed by atoms with Gasteiger partial charge in [-0.3, -0.25) is 19.5 Å². The SMILES string of the molecule is CC(=O)N1CCCCCCCN(C(C)C)Cc2cc(C(=O)Nc3ccc(C)nc3)ccc21. The summed E-state index contributed by atoms with van der Waals surface area (Å²) in [5.74, 6) is -0.127. The maximum Gasteiger partial charge on any atom is 0.255 e. The summed E-state index contributed by atoms with van der Waals surface area (Å²) in [5.41, 5.74) is 4.09. The van der Waals surface area contributed by atoms with E-state index in [1.165, 1.54) is 19.3 Å². The summed E-state index contributed by atoms with van der Waals surface area (Å²) in [6.07, 6.45) is 7.38. The fraction of sp³-hybridized carbons (Fsp3) is 0.500. The van der Waals surface area contributed by atoms with E-state index in [0.29, 0.717) is 30.4 Å². The molecule has 1 aliphatic heterocycles. The molecule has 6 heteroatoms. The molecule has 1 aromatic heterocycles. The van der Waals surface area contributed by atoms with E-state index in [1.807, 2.05) is 42.2 Å². The molecule has 1 N–H and O–H groups in total. The molecule has 6 nitrogen and oxygen atoms in total. The van der Waals surface area contributed by atoms with Crippen LogP contribution in [0.4, 0.5) is 11.4 Å². The lowest BCUT2D eigenvalue weighted by Gasteiger charge is -2.31. The highest BCUT2D eigenvalue weighted by Gasteiger charge is 2.21.